The molecule has 0 bridgehead atoms. The normalized spacial score (nSPS) is 13.9. The Kier molecular flexibility index (Phi) is 4.33. The lowest BCUT2D eigenvalue weighted by molar-refractivity contribution is 0.251. The van der Waals surface area contributed by atoms with Gasteiger partial charge in [0.15, 0.2) is 0 Å². The molecule has 0 radical (unpaired) electrons. The zero-order valence-electron chi connectivity index (χ0n) is 14.4. The summed E-state index contributed by atoms with van der Waals surface area (Å²) in [6.45, 7) is 0.297. The molecule has 1 aliphatic heterocycles. The minimum Gasteiger partial charge on any atom is -0.286 e. The molecular weight excluding hydrogens is 338 g/mol. The van der Waals surface area contributed by atoms with Crippen molar-refractivity contribution in [2.75, 3.05) is 16.5 Å². The third-order valence-corrected chi connectivity index (χ3v) is 4.22. The number of hydrogen-bond donors (Lipinski definition) is 0. The number of amides is 2. The van der Waals surface area contributed by atoms with Crippen molar-refractivity contribution >= 4 is 23.1 Å². The summed E-state index contributed by atoms with van der Waals surface area (Å²) in [4.78, 5) is 19.2. The quantitative estimate of drug-likeness (QED) is 0.719. The summed E-state index contributed by atoms with van der Waals surface area (Å²) >= 11 is 0. The number of hydrogen-bond acceptors (Lipinski definition) is 4. The number of anilines is 2. The Morgan fingerprint density at radius 2 is 1.67 bits per heavy atom. The van der Waals surface area contributed by atoms with Crippen molar-refractivity contribution in [2.24, 2.45) is 5.10 Å². The molecule has 0 fully saturated rings. The summed E-state index contributed by atoms with van der Waals surface area (Å²) in [6, 6.07) is 23.7. The van der Waals surface area contributed by atoms with E-state index in [1.54, 1.807) is 35.4 Å². The van der Waals surface area contributed by atoms with Crippen LogP contribution in [0.5, 0.6) is 0 Å². The first-order valence-electron chi connectivity index (χ1n) is 8.42. The number of aromatic nitrogens is 1. The van der Waals surface area contributed by atoms with Crippen molar-refractivity contribution in [2.45, 2.75) is 0 Å². The smallest absolute Gasteiger partial charge is 0.286 e. The number of benzene rings is 2. The van der Waals surface area contributed by atoms with E-state index in [0.717, 1.165) is 5.69 Å². The number of urea groups is 1. The Labute approximate surface area is 156 Å². The summed E-state index contributed by atoms with van der Waals surface area (Å²) < 4.78 is 0. The van der Waals surface area contributed by atoms with E-state index < -0.39 is 0 Å². The fourth-order valence-electron chi connectivity index (χ4n) is 2.91. The maximum atomic E-state index is 13.2. The number of carbonyl (C=O) groups excluding carboxylic acids is 1. The molecule has 0 N–H and O–H groups in total. The SMILES string of the molecule is N#Cc1ccccc1N1N=C(c2ccccn2)CN(c2ccccc2)C1=O. The van der Waals surface area contributed by atoms with Crippen molar-refractivity contribution in [3.05, 3.63) is 90.3 Å². The van der Waals surface area contributed by atoms with Crippen molar-refractivity contribution in [1.82, 2.24) is 4.98 Å². The number of nitriles is 1. The number of carbonyl (C=O) groups is 1. The second-order valence-electron chi connectivity index (χ2n) is 5.91. The van der Waals surface area contributed by atoms with Gasteiger partial charge in [0, 0.05) is 11.9 Å². The average molecular weight is 353 g/mol. The fraction of sp³-hybridized carbons (Fsp3) is 0.0476. The largest absolute Gasteiger partial charge is 0.350 e. The second kappa shape index (κ2) is 7.10. The average Bonchev–Trinajstić information content (AvgIpc) is 2.75. The molecular formula is C21H15N5O. The van der Waals surface area contributed by atoms with E-state index in [2.05, 4.69) is 16.2 Å². The van der Waals surface area contributed by atoms with Gasteiger partial charge in [-0.15, -0.1) is 0 Å². The van der Waals surface area contributed by atoms with Crippen LogP contribution in [-0.4, -0.2) is 23.3 Å². The molecule has 1 aliphatic rings. The molecule has 1 aromatic heterocycles. The van der Waals surface area contributed by atoms with Crippen LogP contribution in [0.15, 0.2) is 84.1 Å². The number of hydrazone groups is 1. The molecule has 0 spiro atoms. The Morgan fingerprint density at radius 1 is 0.926 bits per heavy atom. The summed E-state index contributed by atoms with van der Waals surface area (Å²) in [6.07, 6.45) is 1.69. The Balaban J connectivity index is 1.85. The maximum Gasteiger partial charge on any atom is 0.350 e. The molecule has 0 atom stereocenters. The van der Waals surface area contributed by atoms with E-state index in [1.807, 2.05) is 48.5 Å². The zero-order valence-corrected chi connectivity index (χ0v) is 14.4. The summed E-state index contributed by atoms with van der Waals surface area (Å²) in [5, 5.41) is 15.2. The highest BCUT2D eigenvalue weighted by Crippen LogP contribution is 2.27. The van der Waals surface area contributed by atoms with Gasteiger partial charge in [0.2, 0.25) is 0 Å². The molecule has 2 amide bonds. The predicted octanol–water partition coefficient (Wildman–Crippen LogP) is 3.80. The monoisotopic (exact) mass is 353 g/mol. The molecule has 4 rings (SSSR count). The molecule has 3 aromatic rings. The van der Waals surface area contributed by atoms with Gasteiger partial charge in [-0.1, -0.05) is 36.4 Å². The van der Waals surface area contributed by atoms with Crippen molar-refractivity contribution < 1.29 is 4.79 Å². The lowest BCUT2D eigenvalue weighted by Crippen LogP contribution is -2.49. The van der Waals surface area contributed by atoms with E-state index in [4.69, 9.17) is 0 Å². The first-order chi connectivity index (χ1) is 13.3. The van der Waals surface area contributed by atoms with E-state index in [-0.39, 0.29) is 6.03 Å². The second-order valence-corrected chi connectivity index (χ2v) is 5.91. The minimum absolute atomic E-state index is 0.297. The first kappa shape index (κ1) is 16.5. The van der Waals surface area contributed by atoms with Crippen LogP contribution in [0.3, 0.4) is 0 Å². The van der Waals surface area contributed by atoms with Crippen LogP contribution in [-0.2, 0) is 0 Å². The van der Waals surface area contributed by atoms with E-state index >= 15 is 0 Å². The minimum atomic E-state index is -0.316. The third-order valence-electron chi connectivity index (χ3n) is 4.22. The standard InChI is InChI=1S/C21H15N5O/c22-14-16-8-4-5-12-20(16)26-21(27)25(17-9-2-1-3-10-17)15-19(24-26)18-11-6-7-13-23-18/h1-13H,15H2. The highest BCUT2D eigenvalue weighted by Gasteiger charge is 2.32. The molecule has 6 heteroatoms. The number of pyridine rings is 1. The van der Waals surface area contributed by atoms with Crippen molar-refractivity contribution in [3.8, 4) is 6.07 Å². The van der Waals surface area contributed by atoms with Crippen LogP contribution >= 0.6 is 0 Å². The van der Waals surface area contributed by atoms with Crippen molar-refractivity contribution in [1.29, 1.82) is 5.26 Å². The van der Waals surface area contributed by atoms with Gasteiger partial charge in [0.25, 0.3) is 0 Å². The molecule has 0 saturated carbocycles. The number of para-hydroxylation sites is 2. The molecule has 0 aliphatic carbocycles. The fourth-order valence-corrected chi connectivity index (χ4v) is 2.91. The van der Waals surface area contributed by atoms with Gasteiger partial charge in [0.05, 0.1) is 23.5 Å². The molecule has 2 heterocycles. The van der Waals surface area contributed by atoms with Crippen LogP contribution in [0.2, 0.25) is 0 Å². The highest BCUT2D eigenvalue weighted by atomic mass is 16.2. The Morgan fingerprint density at radius 3 is 2.41 bits per heavy atom. The first-order valence-corrected chi connectivity index (χ1v) is 8.42. The third kappa shape index (κ3) is 3.14. The van der Waals surface area contributed by atoms with Gasteiger partial charge in [-0.25, -0.2) is 4.79 Å². The molecule has 2 aromatic carbocycles. The van der Waals surface area contributed by atoms with Gasteiger partial charge in [-0.3, -0.25) is 9.88 Å². The van der Waals surface area contributed by atoms with E-state index in [9.17, 15) is 10.1 Å². The van der Waals surface area contributed by atoms with Crippen LogP contribution in [0.4, 0.5) is 16.2 Å². The Hall–Kier alpha value is -3.98. The molecule has 27 heavy (non-hydrogen) atoms. The van der Waals surface area contributed by atoms with Crippen LogP contribution < -0.4 is 9.91 Å². The Bertz CT molecular complexity index is 1040. The predicted molar refractivity (Wildman–Crippen MR) is 104 cm³/mol. The zero-order chi connectivity index (χ0) is 18.6. The van der Waals surface area contributed by atoms with Crippen molar-refractivity contribution in [3.63, 3.8) is 0 Å². The van der Waals surface area contributed by atoms with Crippen LogP contribution in [0, 0.1) is 11.3 Å². The van der Waals surface area contributed by atoms with E-state index in [0.29, 0.717) is 29.2 Å². The number of rotatable bonds is 3. The van der Waals surface area contributed by atoms with Gasteiger partial charge in [0.1, 0.15) is 11.8 Å². The van der Waals surface area contributed by atoms with Crippen LogP contribution in [0.25, 0.3) is 0 Å². The number of nitrogens with zero attached hydrogens (tertiary/aromatic N) is 5. The van der Waals surface area contributed by atoms with Gasteiger partial charge < -0.3 is 0 Å². The molecule has 6 nitrogen and oxygen atoms in total. The summed E-state index contributed by atoms with van der Waals surface area (Å²) in [5.41, 5.74) is 2.91. The van der Waals surface area contributed by atoms with Gasteiger partial charge in [-0.2, -0.15) is 15.4 Å². The lowest BCUT2D eigenvalue weighted by Gasteiger charge is -2.33. The van der Waals surface area contributed by atoms with Gasteiger partial charge >= 0.3 is 6.03 Å². The maximum absolute atomic E-state index is 13.2. The molecule has 130 valence electrons. The topological polar surface area (TPSA) is 72.6 Å². The summed E-state index contributed by atoms with van der Waals surface area (Å²) in [7, 11) is 0. The van der Waals surface area contributed by atoms with Crippen LogP contribution in [0.1, 0.15) is 11.3 Å². The lowest BCUT2D eigenvalue weighted by atomic mass is 10.1. The molecule has 0 saturated heterocycles. The molecule has 0 unspecified atom stereocenters. The van der Waals surface area contributed by atoms with E-state index in [1.165, 1.54) is 5.01 Å². The highest BCUT2D eigenvalue weighted by molar-refractivity contribution is 6.15. The summed E-state index contributed by atoms with van der Waals surface area (Å²) in [5.74, 6) is 0. The van der Waals surface area contributed by atoms with Gasteiger partial charge in [-0.05, 0) is 36.4 Å².